The molecule has 0 bridgehead atoms. The van der Waals surface area contributed by atoms with Gasteiger partial charge in [0.15, 0.2) is 0 Å². The number of aromatic nitrogens is 1. The SMILES string of the molecule is CC(CC1CCCCN1)N[C@@H](C)c1ccncc1. The predicted octanol–water partition coefficient (Wildman–Crippen LogP) is 2.65. The van der Waals surface area contributed by atoms with Crippen molar-refractivity contribution in [2.45, 2.75) is 57.7 Å². The molecule has 2 N–H and O–H groups in total. The Balaban J connectivity index is 1.78. The van der Waals surface area contributed by atoms with E-state index in [0.717, 1.165) is 0 Å². The average Bonchev–Trinajstić information content (AvgIpc) is 2.40. The molecule has 0 saturated carbocycles. The van der Waals surface area contributed by atoms with Crippen LogP contribution in [0.3, 0.4) is 0 Å². The van der Waals surface area contributed by atoms with E-state index in [9.17, 15) is 0 Å². The van der Waals surface area contributed by atoms with Gasteiger partial charge in [0, 0.05) is 30.5 Å². The van der Waals surface area contributed by atoms with Gasteiger partial charge >= 0.3 is 0 Å². The monoisotopic (exact) mass is 247 g/mol. The summed E-state index contributed by atoms with van der Waals surface area (Å²) >= 11 is 0. The Morgan fingerprint density at radius 2 is 2.11 bits per heavy atom. The van der Waals surface area contributed by atoms with Crippen LogP contribution in [0.1, 0.15) is 51.1 Å². The third-order valence-electron chi connectivity index (χ3n) is 3.79. The molecule has 0 aromatic carbocycles. The van der Waals surface area contributed by atoms with Crippen molar-refractivity contribution in [1.82, 2.24) is 15.6 Å². The van der Waals surface area contributed by atoms with Crippen molar-refractivity contribution in [3.8, 4) is 0 Å². The van der Waals surface area contributed by atoms with Crippen LogP contribution in [-0.4, -0.2) is 23.6 Å². The fourth-order valence-corrected chi connectivity index (χ4v) is 2.80. The Morgan fingerprint density at radius 1 is 1.33 bits per heavy atom. The smallest absolute Gasteiger partial charge is 0.0295 e. The topological polar surface area (TPSA) is 37.0 Å². The fourth-order valence-electron chi connectivity index (χ4n) is 2.80. The number of hydrogen-bond donors (Lipinski definition) is 2. The van der Waals surface area contributed by atoms with Crippen LogP contribution >= 0.6 is 0 Å². The molecule has 18 heavy (non-hydrogen) atoms. The first-order valence-electron chi connectivity index (χ1n) is 7.15. The van der Waals surface area contributed by atoms with E-state index in [4.69, 9.17) is 0 Å². The zero-order valence-electron chi connectivity index (χ0n) is 11.5. The number of nitrogens with zero attached hydrogens (tertiary/aromatic N) is 1. The molecule has 1 aliphatic rings. The van der Waals surface area contributed by atoms with Gasteiger partial charge in [-0.1, -0.05) is 6.42 Å². The summed E-state index contributed by atoms with van der Waals surface area (Å²) in [6, 6.07) is 5.81. The molecule has 0 radical (unpaired) electrons. The molecule has 100 valence electrons. The van der Waals surface area contributed by atoms with Crippen LogP contribution in [0.25, 0.3) is 0 Å². The zero-order chi connectivity index (χ0) is 12.8. The third-order valence-corrected chi connectivity index (χ3v) is 3.79. The van der Waals surface area contributed by atoms with Crippen molar-refractivity contribution < 1.29 is 0 Å². The Bertz CT molecular complexity index is 333. The quantitative estimate of drug-likeness (QED) is 0.840. The molecule has 3 nitrogen and oxygen atoms in total. The van der Waals surface area contributed by atoms with Gasteiger partial charge in [0.2, 0.25) is 0 Å². The van der Waals surface area contributed by atoms with Gasteiger partial charge in [-0.2, -0.15) is 0 Å². The lowest BCUT2D eigenvalue weighted by Gasteiger charge is -2.28. The molecule has 3 atom stereocenters. The van der Waals surface area contributed by atoms with Crippen LogP contribution in [0.4, 0.5) is 0 Å². The summed E-state index contributed by atoms with van der Waals surface area (Å²) in [4.78, 5) is 4.06. The van der Waals surface area contributed by atoms with E-state index in [1.807, 2.05) is 12.4 Å². The molecule has 2 heterocycles. The van der Waals surface area contributed by atoms with Gasteiger partial charge in [0.05, 0.1) is 0 Å². The Hall–Kier alpha value is -0.930. The lowest BCUT2D eigenvalue weighted by Crippen LogP contribution is -2.40. The van der Waals surface area contributed by atoms with Crippen molar-refractivity contribution in [2.75, 3.05) is 6.54 Å². The second-order valence-electron chi connectivity index (χ2n) is 5.45. The number of pyridine rings is 1. The number of hydrogen-bond acceptors (Lipinski definition) is 3. The van der Waals surface area contributed by atoms with Gasteiger partial charge in [-0.05, 0) is 57.4 Å². The number of nitrogens with one attached hydrogen (secondary N) is 2. The molecule has 1 aromatic rings. The molecule has 0 aliphatic carbocycles. The van der Waals surface area contributed by atoms with Gasteiger partial charge in [0.1, 0.15) is 0 Å². The van der Waals surface area contributed by atoms with E-state index < -0.39 is 0 Å². The molecule has 1 fully saturated rings. The maximum absolute atomic E-state index is 4.06. The molecule has 0 spiro atoms. The summed E-state index contributed by atoms with van der Waals surface area (Å²) < 4.78 is 0. The van der Waals surface area contributed by atoms with Crippen molar-refractivity contribution in [3.05, 3.63) is 30.1 Å². The zero-order valence-corrected chi connectivity index (χ0v) is 11.5. The summed E-state index contributed by atoms with van der Waals surface area (Å²) in [6.45, 7) is 5.70. The minimum Gasteiger partial charge on any atom is -0.314 e. The largest absolute Gasteiger partial charge is 0.314 e. The predicted molar refractivity (Wildman–Crippen MR) is 75.5 cm³/mol. The van der Waals surface area contributed by atoms with Crippen LogP contribution < -0.4 is 10.6 Å². The van der Waals surface area contributed by atoms with Crippen molar-refractivity contribution in [2.24, 2.45) is 0 Å². The number of rotatable bonds is 5. The van der Waals surface area contributed by atoms with Crippen LogP contribution in [-0.2, 0) is 0 Å². The van der Waals surface area contributed by atoms with Crippen molar-refractivity contribution in [3.63, 3.8) is 0 Å². The molecular weight excluding hydrogens is 222 g/mol. The summed E-state index contributed by atoms with van der Waals surface area (Å²) in [6.07, 6.45) is 8.99. The molecule has 3 heteroatoms. The standard InChI is InChI=1S/C15H25N3/c1-12(11-15-5-3-4-8-17-15)18-13(2)14-6-9-16-10-7-14/h6-7,9-10,12-13,15,17-18H,3-5,8,11H2,1-2H3/t12?,13-,15?/m0/s1. The average molecular weight is 247 g/mol. The van der Waals surface area contributed by atoms with Crippen molar-refractivity contribution in [1.29, 1.82) is 0 Å². The van der Waals surface area contributed by atoms with E-state index >= 15 is 0 Å². The van der Waals surface area contributed by atoms with E-state index in [-0.39, 0.29) is 0 Å². The summed E-state index contributed by atoms with van der Waals surface area (Å²) in [5, 5.41) is 7.29. The van der Waals surface area contributed by atoms with Crippen LogP contribution in [0, 0.1) is 0 Å². The minimum atomic E-state index is 0.395. The Kier molecular flexibility index (Phi) is 5.14. The van der Waals surface area contributed by atoms with Crippen LogP contribution in [0.15, 0.2) is 24.5 Å². The molecule has 1 aromatic heterocycles. The minimum absolute atomic E-state index is 0.395. The van der Waals surface area contributed by atoms with Gasteiger partial charge in [-0.25, -0.2) is 0 Å². The maximum atomic E-state index is 4.06. The second kappa shape index (κ2) is 6.86. The Labute approximate surface area is 110 Å². The van der Waals surface area contributed by atoms with E-state index in [0.29, 0.717) is 18.1 Å². The summed E-state index contributed by atoms with van der Waals surface area (Å²) in [5.41, 5.74) is 1.31. The Morgan fingerprint density at radius 3 is 2.78 bits per heavy atom. The highest BCUT2D eigenvalue weighted by atomic mass is 15.0. The first-order valence-corrected chi connectivity index (χ1v) is 7.15. The van der Waals surface area contributed by atoms with Crippen LogP contribution in [0.2, 0.25) is 0 Å². The highest BCUT2D eigenvalue weighted by Gasteiger charge is 2.17. The molecular formula is C15H25N3. The first-order chi connectivity index (χ1) is 8.75. The van der Waals surface area contributed by atoms with Gasteiger partial charge in [0.25, 0.3) is 0 Å². The summed E-state index contributed by atoms with van der Waals surface area (Å²) in [5.74, 6) is 0. The highest BCUT2D eigenvalue weighted by Crippen LogP contribution is 2.15. The van der Waals surface area contributed by atoms with Gasteiger partial charge in [-0.3, -0.25) is 4.98 Å². The molecule has 1 saturated heterocycles. The van der Waals surface area contributed by atoms with Gasteiger partial charge < -0.3 is 10.6 Å². The lowest BCUT2D eigenvalue weighted by atomic mass is 9.98. The molecule has 2 unspecified atom stereocenters. The first kappa shape index (κ1) is 13.5. The van der Waals surface area contributed by atoms with E-state index in [1.165, 1.54) is 37.8 Å². The molecule has 0 amide bonds. The van der Waals surface area contributed by atoms with Crippen molar-refractivity contribution >= 4 is 0 Å². The molecule has 2 rings (SSSR count). The fraction of sp³-hybridized carbons (Fsp3) is 0.667. The second-order valence-corrected chi connectivity index (χ2v) is 5.45. The summed E-state index contributed by atoms with van der Waals surface area (Å²) in [7, 11) is 0. The number of piperidine rings is 1. The lowest BCUT2D eigenvalue weighted by molar-refractivity contribution is 0.334. The maximum Gasteiger partial charge on any atom is 0.0295 e. The van der Waals surface area contributed by atoms with Gasteiger partial charge in [-0.15, -0.1) is 0 Å². The molecule has 1 aliphatic heterocycles. The van der Waals surface area contributed by atoms with E-state index in [2.05, 4.69) is 41.6 Å². The highest BCUT2D eigenvalue weighted by molar-refractivity contribution is 5.14. The normalized spacial score (nSPS) is 23.6. The van der Waals surface area contributed by atoms with Crippen LogP contribution in [0.5, 0.6) is 0 Å². The third kappa shape index (κ3) is 4.07. The van der Waals surface area contributed by atoms with E-state index in [1.54, 1.807) is 0 Å².